The molecule has 0 aliphatic heterocycles. The molecule has 0 bridgehead atoms. The van der Waals surface area contributed by atoms with Crippen molar-refractivity contribution in [3.8, 4) is 0 Å². The molecule has 0 aromatic carbocycles. The van der Waals surface area contributed by atoms with Crippen molar-refractivity contribution in [3.63, 3.8) is 0 Å². The van der Waals surface area contributed by atoms with E-state index in [4.69, 9.17) is 14.6 Å². The third-order valence-electron chi connectivity index (χ3n) is 3.16. The Kier molecular flexibility index (Phi) is 14.0. The maximum absolute atomic E-state index is 11.5. The van der Waals surface area contributed by atoms with Gasteiger partial charge in [-0.3, -0.25) is 9.59 Å². The topological polar surface area (TPSA) is 76.1 Å². The van der Waals surface area contributed by atoms with Crippen LogP contribution in [0.5, 0.6) is 0 Å². The normalized spacial score (nSPS) is 10.7. The van der Waals surface area contributed by atoms with E-state index in [1.54, 1.807) is 0 Å². The maximum Gasteiger partial charge on any atom is 0.307 e. The summed E-state index contributed by atoms with van der Waals surface area (Å²) in [5.41, 5.74) is 0. The van der Waals surface area contributed by atoms with Crippen molar-refractivity contribution in [2.75, 3.05) is 40.0 Å². The molecule has 0 fully saturated rings. The molecular weight excluding hydrogens is 286 g/mol. The first kappa shape index (κ1) is 20.9. The number of esters is 2. The molecule has 130 valence electrons. The van der Waals surface area contributed by atoms with Gasteiger partial charge in [0.2, 0.25) is 0 Å². The van der Waals surface area contributed by atoms with Crippen molar-refractivity contribution >= 4 is 11.9 Å². The van der Waals surface area contributed by atoms with Crippen LogP contribution < -0.4 is 0 Å². The van der Waals surface area contributed by atoms with Crippen LogP contribution in [0.3, 0.4) is 0 Å². The number of rotatable bonds is 14. The van der Waals surface area contributed by atoms with Gasteiger partial charge in [-0.2, -0.15) is 0 Å². The molecule has 0 aromatic heterocycles. The second-order valence-corrected chi connectivity index (χ2v) is 5.38. The van der Waals surface area contributed by atoms with Gasteiger partial charge in [-0.15, -0.1) is 0 Å². The van der Waals surface area contributed by atoms with Crippen molar-refractivity contribution in [2.24, 2.45) is 0 Å². The molecular formula is C16H31NO5. The molecule has 0 rings (SSSR count). The summed E-state index contributed by atoms with van der Waals surface area (Å²) >= 11 is 0. The smallest absolute Gasteiger partial charge is 0.307 e. The number of hydrogen-bond donors (Lipinski definition) is 1. The number of aliphatic hydroxyl groups is 1. The monoisotopic (exact) mass is 317 g/mol. The van der Waals surface area contributed by atoms with Crippen LogP contribution in [0.4, 0.5) is 0 Å². The zero-order valence-electron chi connectivity index (χ0n) is 14.0. The van der Waals surface area contributed by atoms with Gasteiger partial charge in [-0.25, -0.2) is 0 Å². The van der Waals surface area contributed by atoms with Crippen LogP contribution >= 0.6 is 0 Å². The quantitative estimate of drug-likeness (QED) is 0.388. The molecule has 0 aliphatic rings. The summed E-state index contributed by atoms with van der Waals surface area (Å²) in [5, 5.41) is 8.69. The van der Waals surface area contributed by atoms with Gasteiger partial charge in [0.25, 0.3) is 0 Å². The first-order valence-corrected chi connectivity index (χ1v) is 8.20. The molecule has 0 saturated carbocycles. The van der Waals surface area contributed by atoms with Gasteiger partial charge in [0.15, 0.2) is 0 Å². The molecule has 0 saturated heterocycles. The average Bonchev–Trinajstić information content (AvgIpc) is 2.49. The summed E-state index contributed by atoms with van der Waals surface area (Å²) in [5.74, 6) is -0.360. The van der Waals surface area contributed by atoms with Crippen molar-refractivity contribution in [1.29, 1.82) is 0 Å². The van der Waals surface area contributed by atoms with Gasteiger partial charge in [0.05, 0.1) is 19.6 Å². The van der Waals surface area contributed by atoms with Crippen molar-refractivity contribution in [1.82, 2.24) is 4.90 Å². The first-order valence-electron chi connectivity index (χ1n) is 8.20. The Morgan fingerprint density at radius 1 is 0.909 bits per heavy atom. The second-order valence-electron chi connectivity index (χ2n) is 5.38. The predicted octanol–water partition coefficient (Wildman–Crippen LogP) is 1.75. The highest BCUT2D eigenvalue weighted by Crippen LogP contribution is 1.98. The zero-order chi connectivity index (χ0) is 16.6. The van der Waals surface area contributed by atoms with Gasteiger partial charge in [-0.1, -0.05) is 6.92 Å². The predicted molar refractivity (Wildman–Crippen MR) is 84.5 cm³/mol. The fourth-order valence-corrected chi connectivity index (χ4v) is 1.81. The molecule has 6 heteroatoms. The zero-order valence-corrected chi connectivity index (χ0v) is 14.0. The molecule has 0 heterocycles. The summed E-state index contributed by atoms with van der Waals surface area (Å²) in [7, 11) is 1.95. The van der Waals surface area contributed by atoms with E-state index in [9.17, 15) is 9.59 Å². The lowest BCUT2D eigenvalue weighted by Gasteiger charge is -2.15. The Bertz CT molecular complexity index is 296. The van der Waals surface area contributed by atoms with E-state index >= 15 is 0 Å². The third kappa shape index (κ3) is 13.8. The van der Waals surface area contributed by atoms with Gasteiger partial charge < -0.3 is 19.5 Å². The average molecular weight is 317 g/mol. The van der Waals surface area contributed by atoms with Crippen molar-refractivity contribution in [2.45, 2.75) is 51.9 Å². The van der Waals surface area contributed by atoms with Gasteiger partial charge >= 0.3 is 11.9 Å². The van der Waals surface area contributed by atoms with E-state index < -0.39 is 0 Å². The lowest BCUT2D eigenvalue weighted by molar-refractivity contribution is -0.146. The minimum absolute atomic E-state index is 0.163. The molecule has 0 aliphatic carbocycles. The van der Waals surface area contributed by atoms with Gasteiger partial charge in [-0.05, 0) is 45.7 Å². The summed E-state index contributed by atoms with van der Waals surface area (Å²) in [6.07, 6.45) is 4.77. The van der Waals surface area contributed by atoms with E-state index in [0.29, 0.717) is 45.4 Å². The largest absolute Gasteiger partial charge is 0.466 e. The fourth-order valence-electron chi connectivity index (χ4n) is 1.81. The first-order chi connectivity index (χ1) is 10.6. The molecule has 6 nitrogen and oxygen atoms in total. The van der Waals surface area contributed by atoms with Crippen molar-refractivity contribution in [3.05, 3.63) is 0 Å². The summed E-state index contributed by atoms with van der Waals surface area (Å²) in [6, 6.07) is 0. The minimum atomic E-state index is -0.197. The lowest BCUT2D eigenvalue weighted by atomic mass is 10.3. The van der Waals surface area contributed by atoms with Crippen LogP contribution in [0.15, 0.2) is 0 Å². The molecule has 0 radical (unpaired) electrons. The number of hydrogen-bond acceptors (Lipinski definition) is 6. The summed E-state index contributed by atoms with van der Waals surface area (Å²) in [4.78, 5) is 24.7. The van der Waals surface area contributed by atoms with Gasteiger partial charge in [0, 0.05) is 19.6 Å². The van der Waals surface area contributed by atoms with E-state index in [-0.39, 0.29) is 18.5 Å². The standard InChI is InChI=1S/C16H31NO5/c1-3-8-15(19)21-13-6-7-14-22-16(20)9-11-17(2)10-4-5-12-18/h18H,3-14H2,1-2H3. The molecule has 0 aromatic rings. The molecule has 0 atom stereocenters. The molecule has 22 heavy (non-hydrogen) atoms. The van der Waals surface area contributed by atoms with E-state index in [1.165, 1.54) is 0 Å². The molecule has 1 N–H and O–H groups in total. The van der Waals surface area contributed by atoms with E-state index in [0.717, 1.165) is 25.8 Å². The Morgan fingerprint density at radius 3 is 2.05 bits per heavy atom. The van der Waals surface area contributed by atoms with Crippen LogP contribution in [0.25, 0.3) is 0 Å². The number of carbonyl (C=O) groups excluding carboxylic acids is 2. The molecule has 0 unspecified atom stereocenters. The summed E-state index contributed by atoms with van der Waals surface area (Å²) < 4.78 is 10.1. The third-order valence-corrected chi connectivity index (χ3v) is 3.16. The highest BCUT2D eigenvalue weighted by Gasteiger charge is 2.06. The Balaban J connectivity index is 3.40. The lowest BCUT2D eigenvalue weighted by Crippen LogP contribution is -2.24. The Labute approximate surface area is 133 Å². The highest BCUT2D eigenvalue weighted by molar-refractivity contribution is 5.69. The number of aliphatic hydroxyl groups excluding tert-OH is 1. The fraction of sp³-hybridized carbons (Fsp3) is 0.875. The van der Waals surface area contributed by atoms with E-state index in [1.807, 2.05) is 14.0 Å². The van der Waals surface area contributed by atoms with E-state index in [2.05, 4.69) is 4.90 Å². The van der Waals surface area contributed by atoms with Gasteiger partial charge in [0.1, 0.15) is 0 Å². The molecule has 0 amide bonds. The van der Waals surface area contributed by atoms with Crippen molar-refractivity contribution < 1.29 is 24.2 Å². The Morgan fingerprint density at radius 2 is 1.50 bits per heavy atom. The van der Waals surface area contributed by atoms with Crippen LogP contribution in [0.1, 0.15) is 51.9 Å². The SMILES string of the molecule is CCCC(=O)OCCCCOC(=O)CCN(C)CCCCO. The number of nitrogens with zero attached hydrogens (tertiary/aromatic N) is 1. The summed E-state index contributed by atoms with van der Waals surface area (Å²) in [6.45, 7) is 4.45. The van der Waals surface area contributed by atoms with Crippen LogP contribution in [0.2, 0.25) is 0 Å². The van der Waals surface area contributed by atoms with Crippen LogP contribution in [0, 0.1) is 0 Å². The number of carbonyl (C=O) groups is 2. The molecule has 0 spiro atoms. The van der Waals surface area contributed by atoms with Crippen LogP contribution in [-0.4, -0.2) is 61.9 Å². The highest BCUT2D eigenvalue weighted by atomic mass is 16.5. The minimum Gasteiger partial charge on any atom is -0.466 e. The number of ether oxygens (including phenoxy) is 2. The number of unbranched alkanes of at least 4 members (excludes halogenated alkanes) is 2. The van der Waals surface area contributed by atoms with Crippen LogP contribution in [-0.2, 0) is 19.1 Å². The maximum atomic E-state index is 11.5. The second kappa shape index (κ2) is 14.8. The Hall–Kier alpha value is -1.14.